The Labute approximate surface area is 178 Å². The highest BCUT2D eigenvalue weighted by molar-refractivity contribution is 7.12. The fraction of sp³-hybridized carbons (Fsp3) is 0. The molecule has 0 unspecified atom stereocenters. The molecule has 3 aromatic rings. The van der Waals surface area contributed by atoms with E-state index in [0.29, 0.717) is 11.3 Å². The predicted octanol–water partition coefficient (Wildman–Crippen LogP) is 5.00. The summed E-state index contributed by atoms with van der Waals surface area (Å²) in [5.41, 5.74) is 2.81. The van der Waals surface area contributed by atoms with E-state index in [1.165, 1.54) is 29.5 Å². The van der Waals surface area contributed by atoms with Gasteiger partial charge in [-0.15, -0.1) is 11.3 Å². The number of anilines is 1. The maximum Gasteiger partial charge on any atom is 0.301 e. The van der Waals surface area contributed by atoms with Crippen molar-refractivity contribution < 1.29 is 14.8 Å². The lowest BCUT2D eigenvalue weighted by molar-refractivity contribution is -0.393. The van der Waals surface area contributed by atoms with Crippen molar-refractivity contribution in [2.45, 2.75) is 0 Å². The van der Waals surface area contributed by atoms with Crippen molar-refractivity contribution in [2.24, 2.45) is 5.10 Å². The minimum Gasteiger partial charge on any atom is -0.271 e. The number of nitro benzene ring substituents is 3. The second kappa shape index (κ2) is 9.37. The lowest BCUT2D eigenvalue weighted by Gasteiger charge is -2.04. The summed E-state index contributed by atoms with van der Waals surface area (Å²) in [6.45, 7) is 0. The minimum absolute atomic E-state index is 0.00612. The Hall–Kier alpha value is -4.45. The van der Waals surface area contributed by atoms with Gasteiger partial charge in [0, 0.05) is 18.2 Å². The highest BCUT2D eigenvalue weighted by atomic mass is 32.1. The van der Waals surface area contributed by atoms with E-state index in [4.69, 9.17) is 0 Å². The van der Waals surface area contributed by atoms with Gasteiger partial charge in [0.1, 0.15) is 11.4 Å². The Morgan fingerprint density at radius 1 is 0.903 bits per heavy atom. The van der Waals surface area contributed by atoms with E-state index in [1.54, 1.807) is 30.4 Å². The number of hydrogen-bond acceptors (Lipinski definition) is 9. The standard InChI is InChI=1S/C19H13N5O6S/c25-22(26)14-6-3-13(4-7-14)5-9-17(19-2-1-11-31-19)21-20-16-10-8-15(23(27)28)12-18(16)24(29)30/h1-12,20H/b9-5+,21-17-. The fourth-order valence-electron chi connectivity index (χ4n) is 2.48. The molecule has 0 saturated heterocycles. The van der Waals surface area contributed by atoms with Gasteiger partial charge in [-0.05, 0) is 41.3 Å². The van der Waals surface area contributed by atoms with Gasteiger partial charge in [-0.25, -0.2) is 0 Å². The van der Waals surface area contributed by atoms with Crippen LogP contribution >= 0.6 is 11.3 Å². The summed E-state index contributed by atoms with van der Waals surface area (Å²) in [7, 11) is 0. The summed E-state index contributed by atoms with van der Waals surface area (Å²) in [5, 5.41) is 39.0. The third-order valence-electron chi connectivity index (χ3n) is 4.00. The van der Waals surface area contributed by atoms with Crippen molar-refractivity contribution in [1.29, 1.82) is 0 Å². The van der Waals surface area contributed by atoms with Crippen molar-refractivity contribution in [3.05, 3.63) is 107 Å². The molecule has 0 atom stereocenters. The summed E-state index contributed by atoms with van der Waals surface area (Å²) in [5.74, 6) is 0. The number of rotatable bonds is 8. The van der Waals surface area contributed by atoms with Crippen LogP contribution in [-0.2, 0) is 0 Å². The van der Waals surface area contributed by atoms with Crippen LogP contribution in [0.3, 0.4) is 0 Å². The van der Waals surface area contributed by atoms with Gasteiger partial charge in [-0.2, -0.15) is 5.10 Å². The zero-order valence-corrected chi connectivity index (χ0v) is 16.4. The highest BCUT2D eigenvalue weighted by Gasteiger charge is 2.19. The van der Waals surface area contributed by atoms with Crippen LogP contribution in [0, 0.1) is 30.3 Å². The Kier molecular flexibility index (Phi) is 6.42. The molecule has 0 aliphatic heterocycles. The summed E-state index contributed by atoms with van der Waals surface area (Å²) in [6, 6.07) is 12.7. The molecule has 0 saturated carbocycles. The normalized spacial score (nSPS) is 11.4. The fourth-order valence-corrected chi connectivity index (χ4v) is 3.18. The van der Waals surface area contributed by atoms with Crippen LogP contribution in [0.2, 0.25) is 0 Å². The average molecular weight is 439 g/mol. The molecule has 1 aromatic heterocycles. The number of hydrogen-bond donors (Lipinski definition) is 1. The molecule has 0 bridgehead atoms. The number of nitro groups is 3. The zero-order valence-electron chi connectivity index (χ0n) is 15.6. The first kappa shape index (κ1) is 21.3. The number of nitrogens with zero attached hydrogens (tertiary/aromatic N) is 4. The highest BCUT2D eigenvalue weighted by Crippen LogP contribution is 2.29. The Balaban J connectivity index is 1.90. The van der Waals surface area contributed by atoms with Gasteiger partial charge in [0.25, 0.3) is 11.4 Å². The smallest absolute Gasteiger partial charge is 0.271 e. The first-order chi connectivity index (χ1) is 14.8. The number of thiophene rings is 1. The van der Waals surface area contributed by atoms with Crippen LogP contribution < -0.4 is 5.43 Å². The summed E-state index contributed by atoms with van der Waals surface area (Å²) < 4.78 is 0. The van der Waals surface area contributed by atoms with E-state index in [1.807, 2.05) is 11.4 Å². The molecular formula is C19H13N5O6S. The molecule has 1 heterocycles. The number of allylic oxidation sites excluding steroid dienone is 1. The number of nitrogens with one attached hydrogen (secondary N) is 1. The Bertz CT molecular complexity index is 1190. The SMILES string of the molecule is O=[N+]([O-])c1ccc(/C=C/C(=N/Nc2ccc([N+](=O)[O-])cc2[N+](=O)[O-])c2cccs2)cc1. The van der Waals surface area contributed by atoms with Crippen LogP contribution in [0.25, 0.3) is 6.08 Å². The minimum atomic E-state index is -0.734. The molecule has 0 fully saturated rings. The van der Waals surface area contributed by atoms with E-state index in [-0.39, 0.29) is 11.4 Å². The Morgan fingerprint density at radius 3 is 2.16 bits per heavy atom. The van der Waals surface area contributed by atoms with Gasteiger partial charge in [0.15, 0.2) is 0 Å². The van der Waals surface area contributed by atoms with Crippen LogP contribution in [0.15, 0.2) is 71.2 Å². The molecule has 11 nitrogen and oxygen atoms in total. The number of benzene rings is 2. The quantitative estimate of drug-likeness (QED) is 0.294. The topological polar surface area (TPSA) is 154 Å². The first-order valence-electron chi connectivity index (χ1n) is 8.58. The lowest BCUT2D eigenvalue weighted by atomic mass is 10.1. The van der Waals surface area contributed by atoms with Crippen molar-refractivity contribution in [3.63, 3.8) is 0 Å². The van der Waals surface area contributed by atoms with E-state index in [2.05, 4.69) is 10.5 Å². The number of hydrazone groups is 1. The zero-order chi connectivity index (χ0) is 22.4. The van der Waals surface area contributed by atoms with Gasteiger partial charge in [-0.3, -0.25) is 35.8 Å². The first-order valence-corrected chi connectivity index (χ1v) is 9.46. The van der Waals surface area contributed by atoms with E-state index in [9.17, 15) is 30.3 Å². The Morgan fingerprint density at radius 2 is 1.58 bits per heavy atom. The molecule has 12 heteroatoms. The second-order valence-corrected chi connectivity index (χ2v) is 6.93. The van der Waals surface area contributed by atoms with Crippen molar-refractivity contribution in [3.8, 4) is 0 Å². The average Bonchev–Trinajstić information content (AvgIpc) is 3.28. The molecule has 3 rings (SSSR count). The van der Waals surface area contributed by atoms with Crippen LogP contribution in [0.5, 0.6) is 0 Å². The van der Waals surface area contributed by atoms with Gasteiger partial charge in [0.05, 0.1) is 25.7 Å². The molecule has 0 amide bonds. The molecule has 31 heavy (non-hydrogen) atoms. The van der Waals surface area contributed by atoms with Gasteiger partial charge in [0.2, 0.25) is 0 Å². The predicted molar refractivity (Wildman–Crippen MR) is 116 cm³/mol. The van der Waals surface area contributed by atoms with Crippen LogP contribution in [0.1, 0.15) is 10.4 Å². The summed E-state index contributed by atoms with van der Waals surface area (Å²) in [4.78, 5) is 31.7. The van der Waals surface area contributed by atoms with Gasteiger partial charge < -0.3 is 0 Å². The largest absolute Gasteiger partial charge is 0.301 e. The maximum atomic E-state index is 11.3. The van der Waals surface area contributed by atoms with E-state index >= 15 is 0 Å². The number of non-ortho nitro benzene ring substituents is 2. The van der Waals surface area contributed by atoms with Gasteiger partial charge >= 0.3 is 5.69 Å². The third kappa shape index (κ3) is 5.33. The van der Waals surface area contributed by atoms with Crippen LogP contribution in [-0.4, -0.2) is 20.5 Å². The maximum absolute atomic E-state index is 11.3. The summed E-state index contributed by atoms with van der Waals surface area (Å²) >= 11 is 1.39. The van der Waals surface area contributed by atoms with Crippen molar-refractivity contribution in [2.75, 3.05) is 5.43 Å². The molecular weight excluding hydrogens is 426 g/mol. The molecule has 0 spiro atoms. The van der Waals surface area contributed by atoms with Crippen LogP contribution in [0.4, 0.5) is 22.7 Å². The van der Waals surface area contributed by atoms with Crippen molar-refractivity contribution in [1.82, 2.24) is 0 Å². The van der Waals surface area contributed by atoms with E-state index in [0.717, 1.165) is 17.0 Å². The summed E-state index contributed by atoms with van der Waals surface area (Å²) in [6.07, 6.45) is 3.34. The van der Waals surface area contributed by atoms with Crippen molar-refractivity contribution >= 4 is 45.9 Å². The molecule has 2 aromatic carbocycles. The van der Waals surface area contributed by atoms with Gasteiger partial charge in [-0.1, -0.05) is 12.1 Å². The molecule has 0 radical (unpaired) electrons. The lowest BCUT2D eigenvalue weighted by Crippen LogP contribution is -2.02. The molecule has 0 aliphatic carbocycles. The van der Waals surface area contributed by atoms with E-state index < -0.39 is 26.1 Å². The monoisotopic (exact) mass is 439 g/mol. The molecule has 1 N–H and O–H groups in total. The molecule has 156 valence electrons. The molecule has 0 aliphatic rings. The third-order valence-corrected chi connectivity index (χ3v) is 4.89. The second-order valence-electron chi connectivity index (χ2n) is 5.98.